The Bertz CT molecular complexity index is 288. The number of ketones is 1. The first-order valence-corrected chi connectivity index (χ1v) is 6.51. The van der Waals surface area contributed by atoms with E-state index in [1.165, 1.54) is 44.1 Å². The molecule has 0 aliphatic heterocycles. The largest absolute Gasteiger partial charge is 0.294 e. The molecule has 0 spiro atoms. The van der Waals surface area contributed by atoms with Crippen molar-refractivity contribution in [1.82, 2.24) is 0 Å². The van der Waals surface area contributed by atoms with Crippen LogP contribution in [-0.2, 0) is 4.79 Å². The van der Waals surface area contributed by atoms with E-state index >= 15 is 0 Å². The molecule has 1 fully saturated rings. The topological polar surface area (TPSA) is 17.1 Å². The van der Waals surface area contributed by atoms with Gasteiger partial charge in [0.05, 0.1) is 0 Å². The van der Waals surface area contributed by atoms with Crippen LogP contribution in [0, 0.1) is 11.8 Å². The third-order valence-electron chi connectivity index (χ3n) is 4.14. The second kappa shape index (κ2) is 4.51. The number of hydrogen-bond donors (Lipinski definition) is 0. The van der Waals surface area contributed by atoms with Gasteiger partial charge in [-0.15, -0.1) is 0 Å². The van der Waals surface area contributed by atoms with Gasteiger partial charge < -0.3 is 0 Å². The van der Waals surface area contributed by atoms with Crippen molar-refractivity contribution < 1.29 is 4.79 Å². The number of fused-ring (bicyclic) bond motifs is 1. The molecule has 0 bridgehead atoms. The molecule has 1 saturated carbocycles. The second-order valence-corrected chi connectivity index (χ2v) is 5.11. The lowest BCUT2D eigenvalue weighted by Gasteiger charge is -2.09. The lowest BCUT2D eigenvalue weighted by atomic mass is 9.94. The molecule has 0 aromatic heterocycles. The number of hydrogen-bond acceptors (Lipinski definition) is 1. The van der Waals surface area contributed by atoms with Crippen molar-refractivity contribution in [2.75, 3.05) is 0 Å². The van der Waals surface area contributed by atoms with Gasteiger partial charge in [0.2, 0.25) is 0 Å². The molecule has 0 N–H and O–H groups in total. The molecule has 0 radical (unpaired) electrons. The first-order chi connectivity index (χ1) is 7.25. The summed E-state index contributed by atoms with van der Waals surface area (Å²) >= 11 is 0. The first kappa shape index (κ1) is 10.9. The average Bonchev–Trinajstić information content (AvgIpc) is 2.77. The minimum absolute atomic E-state index is 0.305. The molecule has 0 amide bonds. The van der Waals surface area contributed by atoms with E-state index in [1.807, 2.05) is 0 Å². The predicted molar refractivity (Wildman–Crippen MR) is 62.7 cm³/mol. The van der Waals surface area contributed by atoms with Gasteiger partial charge in [-0.1, -0.05) is 32.3 Å². The molecule has 1 nitrogen and oxygen atoms in total. The summed E-state index contributed by atoms with van der Waals surface area (Å²) in [4.78, 5) is 12.1. The smallest absolute Gasteiger partial charge is 0.162 e. The van der Waals surface area contributed by atoms with Crippen molar-refractivity contribution in [3.63, 3.8) is 0 Å². The van der Waals surface area contributed by atoms with Gasteiger partial charge in [-0.25, -0.2) is 0 Å². The van der Waals surface area contributed by atoms with Gasteiger partial charge in [0.1, 0.15) is 0 Å². The van der Waals surface area contributed by atoms with Crippen molar-refractivity contribution in [3.8, 4) is 0 Å². The molecular formula is C14H22O. The zero-order chi connectivity index (χ0) is 10.8. The van der Waals surface area contributed by atoms with Gasteiger partial charge >= 0.3 is 0 Å². The Morgan fingerprint density at radius 2 is 2.13 bits per heavy atom. The van der Waals surface area contributed by atoms with Crippen molar-refractivity contribution >= 4 is 5.78 Å². The number of unbranched alkanes of at least 4 members (excludes halogenated alkanes) is 2. The van der Waals surface area contributed by atoms with E-state index < -0.39 is 0 Å². The molecule has 15 heavy (non-hydrogen) atoms. The minimum atomic E-state index is 0.305. The number of Topliss-reactive ketones (excluding diaryl/α,β-unsaturated/α-hetero) is 1. The van der Waals surface area contributed by atoms with Gasteiger partial charge in [-0.05, 0) is 43.6 Å². The minimum Gasteiger partial charge on any atom is -0.294 e. The van der Waals surface area contributed by atoms with Crippen molar-refractivity contribution in [2.45, 2.75) is 58.8 Å². The van der Waals surface area contributed by atoms with Crippen LogP contribution in [-0.4, -0.2) is 5.78 Å². The summed E-state index contributed by atoms with van der Waals surface area (Å²) in [5, 5.41) is 0. The predicted octanol–water partition coefficient (Wildman–Crippen LogP) is 3.88. The Morgan fingerprint density at radius 1 is 1.33 bits per heavy atom. The molecule has 0 aromatic rings. The summed E-state index contributed by atoms with van der Waals surface area (Å²) in [6.07, 6.45) is 8.57. The van der Waals surface area contributed by atoms with E-state index in [4.69, 9.17) is 0 Å². The van der Waals surface area contributed by atoms with Gasteiger partial charge in [0, 0.05) is 5.92 Å². The van der Waals surface area contributed by atoms with Crippen LogP contribution in [0.2, 0.25) is 0 Å². The van der Waals surface area contributed by atoms with E-state index in [1.54, 1.807) is 5.57 Å². The van der Waals surface area contributed by atoms with E-state index in [-0.39, 0.29) is 0 Å². The van der Waals surface area contributed by atoms with Gasteiger partial charge in [0.25, 0.3) is 0 Å². The highest BCUT2D eigenvalue weighted by molar-refractivity contribution is 6.01. The Morgan fingerprint density at radius 3 is 2.87 bits per heavy atom. The Labute approximate surface area is 92.9 Å². The van der Waals surface area contributed by atoms with Crippen molar-refractivity contribution in [2.24, 2.45) is 11.8 Å². The van der Waals surface area contributed by atoms with Crippen LogP contribution in [0.15, 0.2) is 11.1 Å². The molecule has 0 heterocycles. The highest BCUT2D eigenvalue weighted by Gasteiger charge is 2.40. The summed E-state index contributed by atoms with van der Waals surface area (Å²) in [5.74, 6) is 1.42. The molecular weight excluding hydrogens is 184 g/mol. The lowest BCUT2D eigenvalue weighted by Crippen LogP contribution is -2.12. The molecule has 2 aliphatic carbocycles. The van der Waals surface area contributed by atoms with Crippen molar-refractivity contribution in [3.05, 3.63) is 11.1 Å². The molecule has 84 valence electrons. The molecule has 2 rings (SSSR count). The average molecular weight is 206 g/mol. The number of allylic oxidation sites excluding steroid dienone is 2. The third kappa shape index (κ3) is 1.89. The van der Waals surface area contributed by atoms with Crippen LogP contribution >= 0.6 is 0 Å². The zero-order valence-corrected chi connectivity index (χ0v) is 10.0. The maximum Gasteiger partial charge on any atom is 0.162 e. The van der Waals surface area contributed by atoms with E-state index in [0.717, 1.165) is 6.42 Å². The zero-order valence-electron chi connectivity index (χ0n) is 10.0. The summed E-state index contributed by atoms with van der Waals surface area (Å²) in [7, 11) is 0. The van der Waals surface area contributed by atoms with Crippen LogP contribution in [0.5, 0.6) is 0 Å². The highest BCUT2D eigenvalue weighted by atomic mass is 16.1. The summed E-state index contributed by atoms with van der Waals surface area (Å²) in [6, 6.07) is 0. The quantitative estimate of drug-likeness (QED) is 0.638. The maximum absolute atomic E-state index is 12.1. The number of carbonyl (C=O) groups is 1. The first-order valence-electron chi connectivity index (χ1n) is 6.51. The number of rotatable bonds is 4. The van der Waals surface area contributed by atoms with Crippen LogP contribution in [0.1, 0.15) is 58.8 Å². The highest BCUT2D eigenvalue weighted by Crippen LogP contribution is 2.46. The molecule has 2 aliphatic rings. The molecule has 0 aromatic carbocycles. The summed E-state index contributed by atoms with van der Waals surface area (Å²) in [6.45, 7) is 4.35. The fraction of sp³-hybridized carbons (Fsp3) is 0.786. The maximum atomic E-state index is 12.1. The van der Waals surface area contributed by atoms with Crippen LogP contribution in [0.3, 0.4) is 0 Å². The third-order valence-corrected chi connectivity index (χ3v) is 4.14. The fourth-order valence-electron chi connectivity index (χ4n) is 3.25. The second-order valence-electron chi connectivity index (χ2n) is 5.11. The van der Waals surface area contributed by atoms with E-state index in [0.29, 0.717) is 17.6 Å². The van der Waals surface area contributed by atoms with Gasteiger partial charge in [-0.3, -0.25) is 4.79 Å². The Balaban J connectivity index is 2.07. The van der Waals surface area contributed by atoms with Gasteiger partial charge in [0.15, 0.2) is 5.78 Å². The SMILES string of the molecule is CCCCCC1=C2CCCC2C(C)C1=O. The van der Waals surface area contributed by atoms with Crippen LogP contribution in [0.4, 0.5) is 0 Å². The Hall–Kier alpha value is -0.590. The van der Waals surface area contributed by atoms with Crippen LogP contribution < -0.4 is 0 Å². The monoisotopic (exact) mass is 206 g/mol. The summed E-state index contributed by atoms with van der Waals surface area (Å²) < 4.78 is 0. The standard InChI is InChI=1S/C14H22O/c1-3-4-5-7-13-12-9-6-8-11(12)10(2)14(13)15/h10-11H,3-9H2,1-2H3. The lowest BCUT2D eigenvalue weighted by molar-refractivity contribution is -0.118. The van der Waals surface area contributed by atoms with Crippen LogP contribution in [0.25, 0.3) is 0 Å². The number of carbonyl (C=O) groups excluding carboxylic acids is 1. The normalized spacial score (nSPS) is 30.1. The summed E-state index contributed by atoms with van der Waals surface area (Å²) in [5.41, 5.74) is 2.78. The van der Waals surface area contributed by atoms with E-state index in [2.05, 4.69) is 13.8 Å². The van der Waals surface area contributed by atoms with Crippen molar-refractivity contribution in [1.29, 1.82) is 0 Å². The Kier molecular flexibility index (Phi) is 3.28. The molecule has 1 heteroatoms. The molecule has 2 unspecified atom stereocenters. The molecule has 2 atom stereocenters. The van der Waals surface area contributed by atoms with E-state index in [9.17, 15) is 4.79 Å². The fourth-order valence-corrected chi connectivity index (χ4v) is 3.25. The van der Waals surface area contributed by atoms with Gasteiger partial charge in [-0.2, -0.15) is 0 Å². The molecule has 0 saturated heterocycles.